The minimum Gasteiger partial charge on any atom is -0.360 e. The minimum absolute atomic E-state index is 0.137. The largest absolute Gasteiger partial charge is 0.360 e. The number of hydrogen-bond donors (Lipinski definition) is 0. The fourth-order valence-corrected chi connectivity index (χ4v) is 4.90. The van der Waals surface area contributed by atoms with Gasteiger partial charge in [-0.15, -0.1) is 0 Å². The van der Waals surface area contributed by atoms with Crippen molar-refractivity contribution in [1.82, 2.24) is 0 Å². The van der Waals surface area contributed by atoms with Crippen LogP contribution < -0.4 is 0 Å². The molecule has 3 atom stereocenters. The molecule has 0 saturated heterocycles. The lowest BCUT2D eigenvalue weighted by Gasteiger charge is -2.21. The minimum atomic E-state index is -0.222. The predicted octanol–water partition coefficient (Wildman–Crippen LogP) is 1.12. The van der Waals surface area contributed by atoms with Crippen molar-refractivity contribution in [1.29, 1.82) is 0 Å². The van der Waals surface area contributed by atoms with Crippen LogP contribution in [-0.4, -0.2) is 29.7 Å². The molecule has 0 aromatic carbocycles. The van der Waals surface area contributed by atoms with E-state index >= 15 is 0 Å². The summed E-state index contributed by atoms with van der Waals surface area (Å²) in [6.45, 7) is 0. The second-order valence-corrected chi connectivity index (χ2v) is 6.36. The van der Waals surface area contributed by atoms with Crippen molar-refractivity contribution in [3.8, 4) is 0 Å². The van der Waals surface area contributed by atoms with Crippen LogP contribution in [0.25, 0.3) is 0 Å². The molecule has 13 heavy (non-hydrogen) atoms. The Kier molecular flexibility index (Phi) is 2.86. The average molecular weight is 198 g/mol. The maximum absolute atomic E-state index is 5.28. The van der Waals surface area contributed by atoms with Crippen LogP contribution in [0.3, 0.4) is 0 Å². The number of fused-ring (bicyclic) bond motifs is 2. The first-order valence-corrected chi connectivity index (χ1v) is 6.70. The molecule has 0 aliphatic heterocycles. The monoisotopic (exact) mass is 198 g/mol. The summed E-state index contributed by atoms with van der Waals surface area (Å²) in [4.78, 5) is 0. The standard InChI is InChI=1S/C10H18O2Si/c1-11-10(12-2)13-9-6-7-3-4-8(9)5-7/h3-4,7-10H,5-6,13H2,1-2H3. The summed E-state index contributed by atoms with van der Waals surface area (Å²) in [6, 6.07) is 0. The van der Waals surface area contributed by atoms with E-state index in [1.165, 1.54) is 12.8 Å². The van der Waals surface area contributed by atoms with Crippen LogP contribution in [-0.2, 0) is 9.47 Å². The molecule has 0 heterocycles. The maximum Gasteiger partial charge on any atom is 0.134 e. The van der Waals surface area contributed by atoms with E-state index in [1.54, 1.807) is 14.2 Å². The van der Waals surface area contributed by atoms with Crippen LogP contribution >= 0.6 is 0 Å². The fraction of sp³-hybridized carbons (Fsp3) is 0.800. The van der Waals surface area contributed by atoms with Gasteiger partial charge in [-0.1, -0.05) is 12.2 Å². The maximum atomic E-state index is 5.28. The van der Waals surface area contributed by atoms with E-state index in [-0.39, 0.29) is 15.4 Å². The highest BCUT2D eigenvalue weighted by Crippen LogP contribution is 2.46. The topological polar surface area (TPSA) is 18.5 Å². The van der Waals surface area contributed by atoms with E-state index in [9.17, 15) is 0 Å². The molecule has 2 aliphatic carbocycles. The van der Waals surface area contributed by atoms with Crippen LogP contribution in [0, 0.1) is 11.8 Å². The third kappa shape index (κ3) is 1.87. The van der Waals surface area contributed by atoms with Gasteiger partial charge in [0, 0.05) is 14.2 Å². The summed E-state index contributed by atoms with van der Waals surface area (Å²) in [5, 5.41) is 0. The number of rotatable bonds is 4. The molecule has 0 aromatic heterocycles. The first kappa shape index (κ1) is 9.43. The average Bonchev–Trinajstić information content (AvgIpc) is 2.75. The van der Waals surface area contributed by atoms with Gasteiger partial charge >= 0.3 is 0 Å². The third-order valence-corrected chi connectivity index (χ3v) is 6.03. The van der Waals surface area contributed by atoms with Gasteiger partial charge in [0.1, 0.15) is 5.91 Å². The SMILES string of the molecule is COC(OC)[SiH2]C1CC2C=CC1C2. The van der Waals surface area contributed by atoms with Crippen molar-refractivity contribution < 1.29 is 9.47 Å². The predicted molar refractivity (Wildman–Crippen MR) is 55.5 cm³/mol. The molecule has 0 aromatic rings. The van der Waals surface area contributed by atoms with Crippen molar-refractivity contribution in [3.05, 3.63) is 12.2 Å². The zero-order chi connectivity index (χ0) is 9.26. The number of methoxy groups -OCH3 is 2. The third-order valence-electron chi connectivity index (χ3n) is 3.44. The molecule has 74 valence electrons. The van der Waals surface area contributed by atoms with Crippen molar-refractivity contribution in [2.75, 3.05) is 14.2 Å². The summed E-state index contributed by atoms with van der Waals surface area (Å²) in [6.07, 6.45) is 7.60. The number of hydrogen-bond acceptors (Lipinski definition) is 2. The highest BCUT2D eigenvalue weighted by atomic mass is 28.2. The number of allylic oxidation sites excluding steroid dienone is 2. The van der Waals surface area contributed by atoms with Gasteiger partial charge in [-0.05, 0) is 30.2 Å². The Balaban J connectivity index is 1.86. The Labute approximate surface area is 82.1 Å². The van der Waals surface area contributed by atoms with Crippen LogP contribution in [0.15, 0.2) is 12.2 Å². The smallest absolute Gasteiger partial charge is 0.134 e. The van der Waals surface area contributed by atoms with Gasteiger partial charge in [0.25, 0.3) is 0 Å². The van der Waals surface area contributed by atoms with Crippen molar-refractivity contribution in [2.24, 2.45) is 11.8 Å². The lowest BCUT2D eigenvalue weighted by molar-refractivity contribution is -0.0450. The zero-order valence-corrected chi connectivity index (χ0v) is 9.82. The van der Waals surface area contributed by atoms with Gasteiger partial charge < -0.3 is 9.47 Å². The van der Waals surface area contributed by atoms with Gasteiger partial charge in [-0.3, -0.25) is 0 Å². The highest BCUT2D eigenvalue weighted by Gasteiger charge is 2.36. The Morgan fingerprint density at radius 2 is 2.00 bits per heavy atom. The quantitative estimate of drug-likeness (QED) is 0.383. The van der Waals surface area contributed by atoms with Gasteiger partial charge in [0.2, 0.25) is 0 Å². The van der Waals surface area contributed by atoms with Crippen LogP contribution in [0.1, 0.15) is 12.8 Å². The number of ether oxygens (including phenoxy) is 2. The second-order valence-electron chi connectivity index (χ2n) is 4.18. The lowest BCUT2D eigenvalue weighted by atomic mass is 10.1. The molecule has 0 spiro atoms. The molecule has 1 fully saturated rings. The van der Waals surface area contributed by atoms with Gasteiger partial charge in [0.05, 0.1) is 9.52 Å². The van der Waals surface area contributed by atoms with E-state index < -0.39 is 0 Å². The molecule has 2 rings (SSSR count). The molecule has 2 bridgehead atoms. The van der Waals surface area contributed by atoms with Gasteiger partial charge in [-0.2, -0.15) is 0 Å². The Bertz CT molecular complexity index is 201. The Morgan fingerprint density at radius 3 is 2.46 bits per heavy atom. The Morgan fingerprint density at radius 1 is 1.23 bits per heavy atom. The zero-order valence-electron chi connectivity index (χ0n) is 8.40. The van der Waals surface area contributed by atoms with Crippen LogP contribution in [0.2, 0.25) is 5.54 Å². The van der Waals surface area contributed by atoms with Gasteiger partial charge in [0.15, 0.2) is 0 Å². The summed E-state index contributed by atoms with van der Waals surface area (Å²) in [5.41, 5.74) is 0.930. The van der Waals surface area contributed by atoms with Crippen LogP contribution in [0.5, 0.6) is 0 Å². The molecule has 3 heteroatoms. The lowest BCUT2D eigenvalue weighted by Crippen LogP contribution is -2.27. The molecule has 1 saturated carbocycles. The molecule has 3 unspecified atom stereocenters. The molecule has 0 amide bonds. The molecule has 2 aliphatic rings. The molecular weight excluding hydrogens is 180 g/mol. The highest BCUT2D eigenvalue weighted by molar-refractivity contribution is 6.39. The molecule has 0 radical (unpaired) electrons. The molecular formula is C10H18O2Si. The first-order chi connectivity index (χ1) is 6.33. The van der Waals surface area contributed by atoms with E-state index in [1.807, 2.05) is 0 Å². The van der Waals surface area contributed by atoms with Crippen molar-refractivity contribution in [2.45, 2.75) is 24.3 Å². The fourth-order valence-electron chi connectivity index (χ4n) is 2.70. The summed E-state index contributed by atoms with van der Waals surface area (Å²) < 4.78 is 10.6. The summed E-state index contributed by atoms with van der Waals surface area (Å²) >= 11 is 0. The van der Waals surface area contributed by atoms with E-state index in [4.69, 9.17) is 9.47 Å². The Hall–Kier alpha value is -0.123. The molecule has 2 nitrogen and oxygen atoms in total. The van der Waals surface area contributed by atoms with E-state index in [2.05, 4.69) is 12.2 Å². The summed E-state index contributed by atoms with van der Waals surface area (Å²) in [5.74, 6) is 1.89. The van der Waals surface area contributed by atoms with Crippen molar-refractivity contribution in [3.63, 3.8) is 0 Å². The van der Waals surface area contributed by atoms with E-state index in [0.29, 0.717) is 0 Å². The summed E-state index contributed by atoms with van der Waals surface area (Å²) in [7, 11) is 3.29. The van der Waals surface area contributed by atoms with E-state index in [0.717, 1.165) is 17.4 Å². The van der Waals surface area contributed by atoms with Crippen LogP contribution in [0.4, 0.5) is 0 Å². The normalized spacial score (nSPS) is 37.3. The van der Waals surface area contributed by atoms with Gasteiger partial charge in [-0.25, -0.2) is 0 Å². The molecule has 0 N–H and O–H groups in total. The first-order valence-electron chi connectivity index (χ1n) is 5.07. The second kappa shape index (κ2) is 3.94. The van der Waals surface area contributed by atoms with Crippen molar-refractivity contribution >= 4 is 9.52 Å².